The molecule has 2 rings (SSSR count). The summed E-state index contributed by atoms with van der Waals surface area (Å²) in [4.78, 5) is 4.40. The maximum Gasteiger partial charge on any atom is 0.124 e. The maximum absolute atomic E-state index is 5.94. The molecule has 1 unspecified atom stereocenters. The van der Waals surface area contributed by atoms with Crippen LogP contribution in [0.5, 0.6) is 0 Å². The summed E-state index contributed by atoms with van der Waals surface area (Å²) in [5.74, 6) is 0. The summed E-state index contributed by atoms with van der Waals surface area (Å²) in [6.45, 7) is 10.5. The van der Waals surface area contributed by atoms with Gasteiger partial charge in [0.2, 0.25) is 0 Å². The second-order valence-electron chi connectivity index (χ2n) is 6.60. The predicted molar refractivity (Wildman–Crippen MR) is 86.4 cm³/mol. The number of imidazole rings is 1. The Bertz CT molecular complexity index is 572. The molecule has 4 nitrogen and oxygen atoms in total. The smallest absolute Gasteiger partial charge is 0.124 e. The van der Waals surface area contributed by atoms with Gasteiger partial charge in [0.1, 0.15) is 6.73 Å². The first-order chi connectivity index (χ1) is 9.37. The van der Waals surface area contributed by atoms with Crippen molar-refractivity contribution >= 4 is 19.1 Å². The zero-order chi connectivity index (χ0) is 14.8. The number of ether oxygens (including phenoxy) is 1. The molecule has 2 aromatic rings. The van der Waals surface area contributed by atoms with Crippen LogP contribution in [0.3, 0.4) is 0 Å². The lowest BCUT2D eigenvalue weighted by atomic mass is 10.1. The number of fused-ring (bicyclic) bond motifs is 1. The molecule has 0 amide bonds. The van der Waals surface area contributed by atoms with Crippen molar-refractivity contribution in [1.82, 2.24) is 9.55 Å². The van der Waals surface area contributed by atoms with E-state index < -0.39 is 8.07 Å². The van der Waals surface area contributed by atoms with Gasteiger partial charge < -0.3 is 15.0 Å². The van der Waals surface area contributed by atoms with Gasteiger partial charge >= 0.3 is 0 Å². The fourth-order valence-corrected chi connectivity index (χ4v) is 2.76. The van der Waals surface area contributed by atoms with Gasteiger partial charge in [-0.15, -0.1) is 0 Å². The van der Waals surface area contributed by atoms with E-state index in [-0.39, 0.29) is 6.04 Å². The Kier molecular flexibility index (Phi) is 4.62. The van der Waals surface area contributed by atoms with Crippen LogP contribution in [-0.4, -0.2) is 24.2 Å². The van der Waals surface area contributed by atoms with Crippen molar-refractivity contribution in [3.05, 3.63) is 30.1 Å². The zero-order valence-electron chi connectivity index (χ0n) is 12.9. The van der Waals surface area contributed by atoms with Crippen LogP contribution in [0.15, 0.2) is 24.5 Å². The number of nitrogens with zero attached hydrogens (tertiary/aromatic N) is 2. The quantitative estimate of drug-likeness (QED) is 0.656. The van der Waals surface area contributed by atoms with E-state index in [2.05, 4.69) is 30.7 Å². The molecule has 1 aromatic carbocycles. The standard InChI is InChI=1S/C15H25N3OSi/c1-12(16)13-5-6-14-15(9-13)18(10-17-14)11-19-7-8-20(2,3)4/h5-6,9-10,12H,7-8,11,16H2,1-4H3. The third kappa shape index (κ3) is 3.91. The highest BCUT2D eigenvalue weighted by Gasteiger charge is 2.12. The fraction of sp³-hybridized carbons (Fsp3) is 0.533. The lowest BCUT2D eigenvalue weighted by molar-refractivity contribution is 0.0898. The SMILES string of the molecule is CC(N)c1ccc2ncn(COCC[Si](C)(C)C)c2c1. The monoisotopic (exact) mass is 291 g/mol. The molecule has 1 atom stereocenters. The van der Waals surface area contributed by atoms with Gasteiger partial charge in [0.25, 0.3) is 0 Å². The number of benzene rings is 1. The number of nitrogens with two attached hydrogens (primary N) is 1. The van der Waals surface area contributed by atoms with Gasteiger partial charge in [-0.05, 0) is 30.7 Å². The molecule has 0 saturated carbocycles. The molecule has 0 radical (unpaired) electrons. The average molecular weight is 291 g/mol. The van der Waals surface area contributed by atoms with Crippen LogP contribution in [0.2, 0.25) is 25.7 Å². The van der Waals surface area contributed by atoms with E-state index in [4.69, 9.17) is 10.5 Å². The minimum Gasteiger partial charge on any atom is -0.361 e. The lowest BCUT2D eigenvalue weighted by Crippen LogP contribution is -2.21. The minimum absolute atomic E-state index is 0.0376. The third-order valence-corrected chi connectivity index (χ3v) is 5.10. The van der Waals surface area contributed by atoms with E-state index in [1.807, 2.05) is 30.0 Å². The van der Waals surface area contributed by atoms with Crippen molar-refractivity contribution in [2.45, 2.75) is 45.4 Å². The van der Waals surface area contributed by atoms with Gasteiger partial charge in [-0.25, -0.2) is 4.98 Å². The van der Waals surface area contributed by atoms with Crippen molar-refractivity contribution in [3.8, 4) is 0 Å². The van der Waals surface area contributed by atoms with Gasteiger partial charge in [-0.1, -0.05) is 25.7 Å². The molecule has 0 fully saturated rings. The van der Waals surface area contributed by atoms with Gasteiger partial charge in [-0.3, -0.25) is 0 Å². The number of aromatic nitrogens is 2. The molecule has 0 spiro atoms. The lowest BCUT2D eigenvalue weighted by Gasteiger charge is -2.15. The molecular formula is C15H25N3OSi. The highest BCUT2D eigenvalue weighted by molar-refractivity contribution is 6.76. The van der Waals surface area contributed by atoms with Crippen molar-refractivity contribution in [1.29, 1.82) is 0 Å². The van der Waals surface area contributed by atoms with E-state index in [0.717, 1.165) is 23.2 Å². The molecule has 0 aliphatic rings. The highest BCUT2D eigenvalue weighted by atomic mass is 28.3. The molecule has 0 aliphatic heterocycles. The van der Waals surface area contributed by atoms with Crippen LogP contribution >= 0.6 is 0 Å². The first kappa shape index (κ1) is 15.2. The predicted octanol–water partition coefficient (Wildman–Crippen LogP) is 3.37. The number of hydrogen-bond donors (Lipinski definition) is 1. The molecule has 5 heteroatoms. The second-order valence-corrected chi connectivity index (χ2v) is 12.2. The highest BCUT2D eigenvalue weighted by Crippen LogP contribution is 2.18. The van der Waals surface area contributed by atoms with Crippen LogP contribution in [0.25, 0.3) is 11.0 Å². The van der Waals surface area contributed by atoms with E-state index in [0.29, 0.717) is 6.73 Å². The topological polar surface area (TPSA) is 53.1 Å². The van der Waals surface area contributed by atoms with Gasteiger partial charge in [0.15, 0.2) is 0 Å². The zero-order valence-corrected chi connectivity index (χ0v) is 13.9. The maximum atomic E-state index is 5.94. The first-order valence-corrected chi connectivity index (χ1v) is 10.9. The van der Waals surface area contributed by atoms with Crippen molar-refractivity contribution in [3.63, 3.8) is 0 Å². The summed E-state index contributed by atoms with van der Waals surface area (Å²) in [5.41, 5.74) is 9.14. The average Bonchev–Trinajstić information content (AvgIpc) is 2.76. The van der Waals surface area contributed by atoms with Crippen LogP contribution < -0.4 is 5.73 Å². The van der Waals surface area contributed by atoms with Gasteiger partial charge in [-0.2, -0.15) is 0 Å². The van der Waals surface area contributed by atoms with Gasteiger partial charge in [0, 0.05) is 20.7 Å². The summed E-state index contributed by atoms with van der Waals surface area (Å²) >= 11 is 0. The van der Waals surface area contributed by atoms with E-state index in [1.54, 1.807) is 0 Å². The Balaban J connectivity index is 2.04. The fourth-order valence-electron chi connectivity index (χ4n) is 2.00. The molecule has 0 saturated heterocycles. The Hall–Kier alpha value is -1.17. The van der Waals surface area contributed by atoms with E-state index in [9.17, 15) is 0 Å². The van der Waals surface area contributed by atoms with Crippen LogP contribution in [0.1, 0.15) is 18.5 Å². The number of rotatable bonds is 6. The summed E-state index contributed by atoms with van der Waals surface area (Å²) in [7, 11) is -1.02. The molecule has 0 bridgehead atoms. The molecule has 1 aromatic heterocycles. The summed E-state index contributed by atoms with van der Waals surface area (Å²) in [6.07, 6.45) is 1.84. The molecule has 0 aliphatic carbocycles. The minimum atomic E-state index is -1.02. The molecule has 110 valence electrons. The molecular weight excluding hydrogens is 266 g/mol. The van der Waals surface area contributed by atoms with E-state index in [1.165, 1.54) is 6.04 Å². The molecule has 2 N–H and O–H groups in total. The Morgan fingerprint density at radius 1 is 1.35 bits per heavy atom. The van der Waals surface area contributed by atoms with Crippen molar-refractivity contribution < 1.29 is 4.74 Å². The van der Waals surface area contributed by atoms with E-state index >= 15 is 0 Å². The summed E-state index contributed by atoms with van der Waals surface area (Å²) in [6, 6.07) is 7.39. The summed E-state index contributed by atoms with van der Waals surface area (Å²) < 4.78 is 7.84. The second kappa shape index (κ2) is 6.07. The van der Waals surface area contributed by atoms with Crippen LogP contribution in [0, 0.1) is 0 Å². The van der Waals surface area contributed by atoms with Crippen molar-refractivity contribution in [2.75, 3.05) is 6.61 Å². The Morgan fingerprint density at radius 2 is 2.10 bits per heavy atom. The van der Waals surface area contributed by atoms with Crippen LogP contribution in [0.4, 0.5) is 0 Å². The Morgan fingerprint density at radius 3 is 2.75 bits per heavy atom. The molecule has 1 heterocycles. The first-order valence-electron chi connectivity index (χ1n) is 7.15. The third-order valence-electron chi connectivity index (χ3n) is 3.40. The Labute approximate surface area is 122 Å². The summed E-state index contributed by atoms with van der Waals surface area (Å²) in [5, 5.41) is 0. The van der Waals surface area contributed by atoms with Gasteiger partial charge in [0.05, 0.1) is 17.4 Å². The normalized spacial score (nSPS) is 13.8. The van der Waals surface area contributed by atoms with Crippen molar-refractivity contribution in [2.24, 2.45) is 5.73 Å². The number of hydrogen-bond acceptors (Lipinski definition) is 3. The largest absolute Gasteiger partial charge is 0.361 e. The van der Waals surface area contributed by atoms with Crippen LogP contribution in [-0.2, 0) is 11.5 Å². The molecule has 20 heavy (non-hydrogen) atoms.